The van der Waals surface area contributed by atoms with E-state index < -0.39 is 0 Å². The summed E-state index contributed by atoms with van der Waals surface area (Å²) in [5, 5.41) is 4.22. The number of rotatable bonds is 5. The quantitative estimate of drug-likeness (QED) is 0.819. The smallest absolute Gasteiger partial charge is 0.0438 e. The molecule has 0 spiro atoms. The van der Waals surface area contributed by atoms with E-state index in [4.69, 9.17) is 11.6 Å². The van der Waals surface area contributed by atoms with E-state index in [1.54, 1.807) is 0 Å². The lowest BCUT2D eigenvalue weighted by atomic mass is 9.95. The maximum atomic E-state index is 6.25. The van der Waals surface area contributed by atoms with E-state index in [2.05, 4.69) is 49.5 Å². The Bertz CT molecular complexity index is 546. The van der Waals surface area contributed by atoms with E-state index in [-0.39, 0.29) is 6.04 Å². The van der Waals surface area contributed by atoms with Crippen molar-refractivity contribution >= 4 is 11.6 Å². The summed E-state index contributed by atoms with van der Waals surface area (Å²) in [5.74, 6) is 0.570. The fourth-order valence-corrected chi connectivity index (χ4v) is 2.60. The average Bonchev–Trinajstić information content (AvgIpc) is 2.46. The fourth-order valence-electron chi connectivity index (χ4n) is 2.38. The van der Waals surface area contributed by atoms with Crippen molar-refractivity contribution in [1.82, 2.24) is 5.32 Å². The van der Waals surface area contributed by atoms with Crippen LogP contribution in [0, 0.1) is 0 Å². The van der Waals surface area contributed by atoms with Crippen LogP contribution in [0.25, 0.3) is 0 Å². The number of hydrogen-bond acceptors (Lipinski definition) is 1. The molecule has 106 valence electrons. The number of likely N-dealkylation sites (N-methyl/N-ethyl adjacent to an activating group) is 1. The van der Waals surface area contributed by atoms with Crippen LogP contribution in [-0.4, -0.2) is 7.05 Å². The number of hydrogen-bond donors (Lipinski definition) is 1. The number of benzene rings is 2. The van der Waals surface area contributed by atoms with Crippen LogP contribution in [0.4, 0.5) is 0 Å². The minimum absolute atomic E-state index is 0.288. The molecule has 0 fully saturated rings. The zero-order valence-corrected chi connectivity index (χ0v) is 13.1. The van der Waals surface area contributed by atoms with Crippen molar-refractivity contribution in [3.05, 3.63) is 70.2 Å². The van der Waals surface area contributed by atoms with Gasteiger partial charge in [0.2, 0.25) is 0 Å². The van der Waals surface area contributed by atoms with Crippen molar-refractivity contribution in [2.75, 3.05) is 7.05 Å². The Hall–Kier alpha value is -1.31. The second-order valence-corrected chi connectivity index (χ2v) is 5.87. The maximum absolute atomic E-state index is 6.25. The highest BCUT2D eigenvalue weighted by Gasteiger charge is 2.12. The normalized spacial score (nSPS) is 12.7. The Morgan fingerprint density at radius 2 is 1.55 bits per heavy atom. The molecule has 2 aromatic carbocycles. The van der Waals surface area contributed by atoms with E-state index in [0.29, 0.717) is 5.92 Å². The molecule has 0 aliphatic heterocycles. The molecule has 1 nitrogen and oxygen atoms in total. The second kappa shape index (κ2) is 6.92. The lowest BCUT2D eigenvalue weighted by molar-refractivity contribution is 0.592. The Morgan fingerprint density at radius 1 is 0.950 bits per heavy atom. The van der Waals surface area contributed by atoms with Crippen LogP contribution in [0.15, 0.2) is 48.5 Å². The Morgan fingerprint density at radius 3 is 2.10 bits per heavy atom. The van der Waals surface area contributed by atoms with Crippen LogP contribution in [0.5, 0.6) is 0 Å². The number of halogens is 1. The van der Waals surface area contributed by atoms with Crippen molar-refractivity contribution in [3.63, 3.8) is 0 Å². The molecule has 0 saturated carbocycles. The van der Waals surface area contributed by atoms with Crippen molar-refractivity contribution in [3.8, 4) is 0 Å². The molecule has 0 saturated heterocycles. The highest BCUT2D eigenvalue weighted by Crippen LogP contribution is 2.24. The third-order valence-electron chi connectivity index (χ3n) is 3.74. The van der Waals surface area contributed by atoms with Gasteiger partial charge in [0.05, 0.1) is 0 Å². The van der Waals surface area contributed by atoms with Gasteiger partial charge in [-0.05, 0) is 42.1 Å². The van der Waals surface area contributed by atoms with Crippen LogP contribution in [0.3, 0.4) is 0 Å². The molecule has 0 aliphatic rings. The molecule has 1 atom stereocenters. The lowest BCUT2D eigenvalue weighted by Crippen LogP contribution is -2.19. The van der Waals surface area contributed by atoms with Crippen LogP contribution >= 0.6 is 11.6 Å². The molecule has 1 unspecified atom stereocenters. The van der Waals surface area contributed by atoms with E-state index >= 15 is 0 Å². The summed E-state index contributed by atoms with van der Waals surface area (Å²) < 4.78 is 0. The summed E-state index contributed by atoms with van der Waals surface area (Å²) >= 11 is 6.25. The van der Waals surface area contributed by atoms with Gasteiger partial charge in [0.25, 0.3) is 0 Å². The first kappa shape index (κ1) is 15.1. The van der Waals surface area contributed by atoms with Gasteiger partial charge >= 0.3 is 0 Å². The molecular weight excluding hydrogens is 266 g/mol. The summed E-state index contributed by atoms with van der Waals surface area (Å²) in [4.78, 5) is 0. The van der Waals surface area contributed by atoms with Gasteiger partial charge in [-0.1, -0.05) is 67.9 Å². The zero-order valence-electron chi connectivity index (χ0n) is 12.4. The van der Waals surface area contributed by atoms with Crippen LogP contribution in [0.2, 0.25) is 5.02 Å². The van der Waals surface area contributed by atoms with Gasteiger partial charge in [0.15, 0.2) is 0 Å². The Kier molecular flexibility index (Phi) is 5.22. The van der Waals surface area contributed by atoms with E-state index in [9.17, 15) is 0 Å². The highest BCUT2D eigenvalue weighted by molar-refractivity contribution is 6.31. The second-order valence-electron chi connectivity index (χ2n) is 5.46. The summed E-state index contributed by atoms with van der Waals surface area (Å²) in [7, 11) is 2.00. The van der Waals surface area contributed by atoms with Crippen molar-refractivity contribution in [2.24, 2.45) is 0 Å². The zero-order chi connectivity index (χ0) is 14.5. The average molecular weight is 288 g/mol. The summed E-state index contributed by atoms with van der Waals surface area (Å²) in [5.41, 5.74) is 3.86. The van der Waals surface area contributed by atoms with Gasteiger partial charge in [0, 0.05) is 11.1 Å². The predicted octanol–water partition coefficient (Wildman–Crippen LogP) is 4.97. The van der Waals surface area contributed by atoms with E-state index in [1.165, 1.54) is 16.7 Å². The third-order valence-corrected chi connectivity index (χ3v) is 4.10. The van der Waals surface area contributed by atoms with Gasteiger partial charge in [-0.15, -0.1) is 0 Å². The third kappa shape index (κ3) is 3.62. The van der Waals surface area contributed by atoms with E-state index in [1.807, 2.05) is 25.2 Å². The molecule has 0 aromatic heterocycles. The molecule has 20 heavy (non-hydrogen) atoms. The van der Waals surface area contributed by atoms with E-state index in [0.717, 1.165) is 11.4 Å². The Balaban J connectivity index is 2.18. The molecule has 0 bridgehead atoms. The summed E-state index contributed by atoms with van der Waals surface area (Å²) in [6.45, 7) is 4.43. The van der Waals surface area contributed by atoms with Gasteiger partial charge in [0.1, 0.15) is 0 Å². The minimum Gasteiger partial charge on any atom is -0.313 e. The van der Waals surface area contributed by atoms with Gasteiger partial charge in [-0.3, -0.25) is 0 Å². The topological polar surface area (TPSA) is 12.0 Å². The lowest BCUT2D eigenvalue weighted by Gasteiger charge is -2.18. The van der Waals surface area contributed by atoms with Crippen LogP contribution in [0.1, 0.15) is 42.5 Å². The SMILES string of the molecule is CNC(Cc1ccccc1Cl)c1ccc(C(C)C)cc1. The molecule has 0 radical (unpaired) electrons. The fraction of sp³-hybridized carbons (Fsp3) is 0.333. The van der Waals surface area contributed by atoms with Crippen LogP contribution < -0.4 is 5.32 Å². The minimum atomic E-state index is 0.288. The summed E-state index contributed by atoms with van der Waals surface area (Å²) in [6, 6.07) is 17.2. The monoisotopic (exact) mass is 287 g/mol. The first-order valence-electron chi connectivity index (χ1n) is 7.12. The molecular formula is C18H22ClN. The first-order chi connectivity index (χ1) is 9.61. The van der Waals surface area contributed by atoms with Crippen molar-refractivity contribution < 1.29 is 0 Å². The van der Waals surface area contributed by atoms with Crippen LogP contribution in [-0.2, 0) is 6.42 Å². The van der Waals surface area contributed by atoms with Crippen molar-refractivity contribution in [2.45, 2.75) is 32.2 Å². The number of nitrogens with one attached hydrogen (secondary N) is 1. The van der Waals surface area contributed by atoms with Gasteiger partial charge < -0.3 is 5.32 Å². The standard InChI is InChI=1S/C18H22ClN/c1-13(2)14-8-10-15(11-9-14)18(20-3)12-16-6-4-5-7-17(16)19/h4-11,13,18,20H,12H2,1-3H3. The first-order valence-corrected chi connectivity index (χ1v) is 7.50. The van der Waals surface area contributed by atoms with Gasteiger partial charge in [-0.25, -0.2) is 0 Å². The van der Waals surface area contributed by atoms with Crippen molar-refractivity contribution in [1.29, 1.82) is 0 Å². The molecule has 0 aliphatic carbocycles. The molecule has 0 amide bonds. The Labute approximate surface area is 127 Å². The predicted molar refractivity (Wildman–Crippen MR) is 87.5 cm³/mol. The summed E-state index contributed by atoms with van der Waals surface area (Å²) in [6.07, 6.45) is 0.900. The molecule has 2 rings (SSSR count). The maximum Gasteiger partial charge on any atom is 0.0438 e. The largest absolute Gasteiger partial charge is 0.313 e. The molecule has 2 aromatic rings. The van der Waals surface area contributed by atoms with Gasteiger partial charge in [-0.2, -0.15) is 0 Å². The molecule has 1 N–H and O–H groups in total. The molecule has 0 heterocycles. The molecule has 2 heteroatoms. The highest BCUT2D eigenvalue weighted by atomic mass is 35.5.